The van der Waals surface area contributed by atoms with Crippen LogP contribution in [-0.4, -0.2) is 63.1 Å². The summed E-state index contributed by atoms with van der Waals surface area (Å²) < 4.78 is 30.6. The molecule has 160 valence electrons. The van der Waals surface area contributed by atoms with Gasteiger partial charge in [-0.15, -0.1) is 0 Å². The molecule has 0 N–H and O–H groups in total. The van der Waals surface area contributed by atoms with E-state index in [1.807, 2.05) is 13.8 Å². The van der Waals surface area contributed by atoms with Gasteiger partial charge in [0.15, 0.2) is 0 Å². The van der Waals surface area contributed by atoms with Gasteiger partial charge < -0.3 is 9.80 Å². The smallest absolute Gasteiger partial charge is 0.270 e. The Morgan fingerprint density at radius 1 is 1.27 bits per heavy atom. The molecular formula is C21H24F2N4O3. The summed E-state index contributed by atoms with van der Waals surface area (Å²) in [4.78, 5) is 45.6. The average Bonchev–Trinajstić information content (AvgIpc) is 2.68. The Balaban J connectivity index is 1.71. The van der Waals surface area contributed by atoms with Crippen molar-refractivity contribution in [3.05, 3.63) is 46.0 Å². The summed E-state index contributed by atoms with van der Waals surface area (Å²) in [5.74, 6) is -4.36. The van der Waals surface area contributed by atoms with Crippen molar-refractivity contribution in [3.8, 4) is 0 Å². The summed E-state index contributed by atoms with van der Waals surface area (Å²) in [7, 11) is 0. The van der Waals surface area contributed by atoms with Gasteiger partial charge in [-0.1, -0.05) is 0 Å². The van der Waals surface area contributed by atoms with Crippen LogP contribution < -0.4 is 5.56 Å². The first kappa shape index (κ1) is 20.4. The number of hydrogen-bond acceptors (Lipinski definition) is 4. The van der Waals surface area contributed by atoms with Crippen molar-refractivity contribution in [1.29, 1.82) is 0 Å². The average molecular weight is 418 g/mol. The van der Waals surface area contributed by atoms with Crippen molar-refractivity contribution in [2.45, 2.75) is 39.0 Å². The predicted octanol–water partition coefficient (Wildman–Crippen LogP) is 2.11. The molecule has 4 heterocycles. The minimum absolute atomic E-state index is 0.118. The fourth-order valence-corrected chi connectivity index (χ4v) is 4.71. The molecule has 7 nitrogen and oxygen atoms in total. The number of aryl methyl sites for hydroxylation is 1. The van der Waals surface area contributed by atoms with Gasteiger partial charge in [0.2, 0.25) is 5.91 Å². The van der Waals surface area contributed by atoms with E-state index in [1.165, 1.54) is 10.6 Å². The number of rotatable bonds is 2. The molecule has 2 aliphatic rings. The number of halogens is 2. The number of carbonyl (C=O) groups is 2. The Kier molecular flexibility index (Phi) is 4.86. The highest BCUT2D eigenvalue weighted by molar-refractivity contribution is 5.95. The molecule has 2 amide bonds. The Morgan fingerprint density at radius 3 is 2.77 bits per heavy atom. The number of likely N-dealkylation sites (tertiary alicyclic amines) is 2. The second kappa shape index (κ2) is 7.14. The second-order valence-electron chi connectivity index (χ2n) is 8.37. The van der Waals surface area contributed by atoms with Crippen LogP contribution in [0.3, 0.4) is 0 Å². The minimum atomic E-state index is -3.21. The monoisotopic (exact) mass is 418 g/mol. The lowest BCUT2D eigenvalue weighted by Gasteiger charge is -2.49. The van der Waals surface area contributed by atoms with Crippen LogP contribution in [0.25, 0.3) is 5.65 Å². The van der Waals surface area contributed by atoms with Crippen LogP contribution in [0.1, 0.15) is 42.1 Å². The van der Waals surface area contributed by atoms with Crippen molar-refractivity contribution in [2.75, 3.05) is 26.2 Å². The molecule has 1 spiro atoms. The molecule has 4 rings (SSSR count). The minimum Gasteiger partial charge on any atom is -0.342 e. The summed E-state index contributed by atoms with van der Waals surface area (Å²) in [6, 6.07) is 3.40. The van der Waals surface area contributed by atoms with E-state index < -0.39 is 35.8 Å². The molecule has 1 atom stereocenters. The third-order valence-corrected chi connectivity index (χ3v) is 6.10. The summed E-state index contributed by atoms with van der Waals surface area (Å²) in [5, 5.41) is 0. The van der Waals surface area contributed by atoms with Crippen molar-refractivity contribution in [2.24, 2.45) is 5.41 Å². The molecule has 30 heavy (non-hydrogen) atoms. The summed E-state index contributed by atoms with van der Waals surface area (Å²) in [6.07, 6.45) is 2.98. The van der Waals surface area contributed by atoms with E-state index in [-0.39, 0.29) is 18.0 Å². The zero-order valence-corrected chi connectivity index (χ0v) is 17.0. The lowest BCUT2D eigenvalue weighted by Crippen LogP contribution is -2.62. The first-order valence-electron chi connectivity index (χ1n) is 10.1. The largest absolute Gasteiger partial charge is 0.342 e. The molecule has 0 unspecified atom stereocenters. The van der Waals surface area contributed by atoms with Crippen molar-refractivity contribution >= 4 is 17.5 Å². The van der Waals surface area contributed by atoms with Crippen LogP contribution in [0.4, 0.5) is 8.78 Å². The van der Waals surface area contributed by atoms with E-state index in [0.29, 0.717) is 31.6 Å². The number of hydrogen-bond donors (Lipinski definition) is 0. The van der Waals surface area contributed by atoms with E-state index in [0.717, 1.165) is 16.7 Å². The van der Waals surface area contributed by atoms with Crippen molar-refractivity contribution in [3.63, 3.8) is 0 Å². The van der Waals surface area contributed by atoms with Gasteiger partial charge in [-0.3, -0.25) is 18.8 Å². The quantitative estimate of drug-likeness (QED) is 0.749. The van der Waals surface area contributed by atoms with Crippen LogP contribution in [0.15, 0.2) is 29.3 Å². The molecule has 0 aromatic carbocycles. The molecule has 2 fully saturated rings. The van der Waals surface area contributed by atoms with Crippen LogP contribution >= 0.6 is 0 Å². The third-order valence-electron chi connectivity index (χ3n) is 6.10. The summed E-state index contributed by atoms with van der Waals surface area (Å²) in [5.41, 5.74) is -0.936. The van der Waals surface area contributed by atoms with Crippen LogP contribution in [0.5, 0.6) is 0 Å². The number of piperidine rings is 2. The Labute approximate surface area is 172 Å². The van der Waals surface area contributed by atoms with Gasteiger partial charge in [0.05, 0.1) is 12.0 Å². The zero-order valence-electron chi connectivity index (χ0n) is 17.0. The standard InChI is InChI=1S/C21H24F2N4O3/c1-3-25-7-4-6-20(19(25)30)11-21(22,23)13-26(12-20)17(28)15-10-24-16-9-14(2)5-8-27(16)18(15)29/h5,8-10H,3-4,6-7,11-13H2,1-2H3/t20-/m0/s1. The summed E-state index contributed by atoms with van der Waals surface area (Å²) in [6.45, 7) is 3.70. The predicted molar refractivity (Wildman–Crippen MR) is 106 cm³/mol. The van der Waals surface area contributed by atoms with E-state index in [9.17, 15) is 23.2 Å². The van der Waals surface area contributed by atoms with Crippen LogP contribution in [-0.2, 0) is 4.79 Å². The van der Waals surface area contributed by atoms with Gasteiger partial charge in [0, 0.05) is 38.4 Å². The van der Waals surface area contributed by atoms with Crippen molar-refractivity contribution in [1.82, 2.24) is 19.2 Å². The fraction of sp³-hybridized carbons (Fsp3) is 0.524. The maximum atomic E-state index is 14.7. The molecule has 0 saturated carbocycles. The molecule has 0 bridgehead atoms. The van der Waals surface area contributed by atoms with Crippen LogP contribution in [0.2, 0.25) is 0 Å². The molecule has 0 radical (unpaired) electrons. The normalized spacial score (nSPS) is 23.9. The SMILES string of the molecule is CCN1CCC[C@]2(CN(C(=O)c3cnc4cc(C)ccn4c3=O)CC(F)(F)C2)C1=O. The molecule has 2 aliphatic heterocycles. The van der Waals surface area contributed by atoms with Gasteiger partial charge in [-0.25, -0.2) is 13.8 Å². The number of alkyl halides is 2. The first-order chi connectivity index (χ1) is 14.2. The maximum Gasteiger partial charge on any atom is 0.270 e. The number of nitrogens with zero attached hydrogens (tertiary/aromatic N) is 4. The Morgan fingerprint density at radius 2 is 2.03 bits per heavy atom. The van der Waals surface area contributed by atoms with Crippen LogP contribution in [0, 0.1) is 12.3 Å². The van der Waals surface area contributed by atoms with Gasteiger partial charge in [-0.2, -0.15) is 0 Å². The second-order valence-corrected chi connectivity index (χ2v) is 8.37. The van der Waals surface area contributed by atoms with E-state index >= 15 is 0 Å². The van der Waals surface area contributed by atoms with Gasteiger partial charge in [0.1, 0.15) is 11.2 Å². The highest BCUT2D eigenvalue weighted by atomic mass is 19.3. The van der Waals surface area contributed by atoms with Gasteiger partial charge in [-0.05, 0) is 44.4 Å². The van der Waals surface area contributed by atoms with E-state index in [4.69, 9.17) is 0 Å². The number of pyridine rings is 1. The number of aromatic nitrogens is 2. The Bertz CT molecular complexity index is 1080. The van der Waals surface area contributed by atoms with Gasteiger partial charge in [0.25, 0.3) is 17.4 Å². The van der Waals surface area contributed by atoms with Gasteiger partial charge >= 0.3 is 0 Å². The topological polar surface area (TPSA) is 75.0 Å². The van der Waals surface area contributed by atoms with Crippen molar-refractivity contribution < 1.29 is 18.4 Å². The molecule has 9 heteroatoms. The lowest BCUT2D eigenvalue weighted by atomic mass is 9.71. The highest BCUT2D eigenvalue weighted by Gasteiger charge is 2.56. The zero-order chi connectivity index (χ0) is 21.7. The molecule has 0 aliphatic carbocycles. The molecule has 2 aromatic heterocycles. The number of amides is 2. The molecule has 2 saturated heterocycles. The number of carbonyl (C=O) groups excluding carboxylic acids is 2. The highest BCUT2D eigenvalue weighted by Crippen LogP contribution is 2.45. The fourth-order valence-electron chi connectivity index (χ4n) is 4.71. The third kappa shape index (κ3) is 3.36. The maximum absolute atomic E-state index is 14.7. The Hall–Kier alpha value is -2.84. The lowest BCUT2D eigenvalue weighted by molar-refractivity contribution is -0.165. The number of fused-ring (bicyclic) bond motifs is 1. The van der Waals surface area contributed by atoms with E-state index in [1.54, 1.807) is 17.0 Å². The summed E-state index contributed by atoms with van der Waals surface area (Å²) >= 11 is 0. The van der Waals surface area contributed by atoms with E-state index in [2.05, 4.69) is 4.98 Å². The molecule has 2 aromatic rings. The first-order valence-corrected chi connectivity index (χ1v) is 10.1. The molecular weight excluding hydrogens is 394 g/mol.